The van der Waals surface area contributed by atoms with Crippen molar-refractivity contribution in [3.8, 4) is 0 Å². The summed E-state index contributed by atoms with van der Waals surface area (Å²) in [6, 6.07) is 15.4. The zero-order chi connectivity index (χ0) is 14.8. The van der Waals surface area contributed by atoms with Gasteiger partial charge in [-0.3, -0.25) is 0 Å². The van der Waals surface area contributed by atoms with E-state index >= 15 is 0 Å². The van der Waals surface area contributed by atoms with Gasteiger partial charge in [0.1, 0.15) is 5.52 Å². The van der Waals surface area contributed by atoms with Gasteiger partial charge in [0, 0.05) is 24.1 Å². The molecule has 0 aliphatic heterocycles. The molecule has 5 nitrogen and oxygen atoms in total. The van der Waals surface area contributed by atoms with E-state index in [1.807, 2.05) is 48.3 Å². The van der Waals surface area contributed by atoms with E-state index < -0.39 is 0 Å². The first kappa shape index (κ1) is 13.8. The van der Waals surface area contributed by atoms with Crippen LogP contribution < -0.4 is 9.75 Å². The molecule has 1 heterocycles. The van der Waals surface area contributed by atoms with E-state index in [4.69, 9.17) is 0 Å². The van der Waals surface area contributed by atoms with Crippen LogP contribution >= 0.6 is 15.9 Å². The Hall–Kier alpha value is -2.21. The topological polar surface area (TPSA) is 56.0 Å². The number of hydrogen-bond donors (Lipinski definition) is 0. The minimum Gasteiger partial charge on any atom is -0.594 e. The molecule has 0 unspecified atom stereocenters. The minimum atomic E-state index is 0.406. The lowest BCUT2D eigenvalue weighted by Crippen LogP contribution is -2.35. The van der Waals surface area contributed by atoms with E-state index in [-0.39, 0.29) is 0 Å². The first-order valence-corrected chi connectivity index (χ1v) is 7.25. The highest BCUT2D eigenvalue weighted by Gasteiger charge is 2.14. The predicted octanol–water partition coefficient (Wildman–Crippen LogP) is 2.66. The van der Waals surface area contributed by atoms with Crippen molar-refractivity contribution in [3.63, 3.8) is 0 Å². The first-order valence-electron chi connectivity index (χ1n) is 6.46. The maximum atomic E-state index is 12.0. The number of hydrogen-bond acceptors (Lipinski definition) is 4. The van der Waals surface area contributed by atoms with Gasteiger partial charge in [0.25, 0.3) is 11.5 Å². The molecule has 0 amide bonds. The molecule has 6 heteroatoms. The van der Waals surface area contributed by atoms with E-state index in [1.165, 1.54) is 0 Å². The van der Waals surface area contributed by atoms with Gasteiger partial charge in [-0.05, 0) is 22.5 Å². The van der Waals surface area contributed by atoms with Crippen LogP contribution in [0.2, 0.25) is 0 Å². The smallest absolute Gasteiger partial charge is 0.293 e. The Balaban J connectivity index is 1.95. The molecule has 0 radical (unpaired) electrons. The third-order valence-corrected chi connectivity index (χ3v) is 3.64. The molecule has 0 saturated heterocycles. The molecule has 0 fully saturated rings. The number of fused-ring (bicyclic) bond motifs is 1. The molecular weight excluding hydrogens is 332 g/mol. The molecule has 0 atom stereocenters. The van der Waals surface area contributed by atoms with E-state index in [0.717, 1.165) is 10.0 Å². The third kappa shape index (κ3) is 2.95. The second kappa shape index (κ2) is 5.65. The van der Waals surface area contributed by atoms with Crippen molar-refractivity contribution >= 4 is 32.9 Å². The van der Waals surface area contributed by atoms with Gasteiger partial charge in [-0.15, -0.1) is 0 Å². The van der Waals surface area contributed by atoms with Gasteiger partial charge < -0.3 is 10.1 Å². The Bertz CT molecular complexity index is 779. The normalized spacial score (nSPS) is 10.8. The second-order valence-electron chi connectivity index (χ2n) is 4.76. The third-order valence-electron chi connectivity index (χ3n) is 3.15. The van der Waals surface area contributed by atoms with E-state index in [2.05, 4.69) is 26.0 Å². The summed E-state index contributed by atoms with van der Waals surface area (Å²) in [6.45, 7) is 0.642. The summed E-state index contributed by atoms with van der Waals surface area (Å²) in [7, 11) is 1.87. The average Bonchev–Trinajstić information content (AvgIpc) is 2.49. The Labute approximate surface area is 130 Å². The molecule has 21 heavy (non-hydrogen) atoms. The second-order valence-corrected chi connectivity index (χ2v) is 5.68. The fraction of sp³-hybridized carbons (Fsp3) is 0.133. The van der Waals surface area contributed by atoms with Crippen molar-refractivity contribution in [2.24, 2.45) is 0 Å². The lowest BCUT2D eigenvalue weighted by Gasteiger charge is -2.16. The summed E-state index contributed by atoms with van der Waals surface area (Å²) in [6.07, 6.45) is 0. The molecule has 3 aromatic rings. The molecular formula is C15H13BrN4O. The summed E-state index contributed by atoms with van der Waals surface area (Å²) in [5, 5.41) is 16.0. The molecule has 0 saturated carbocycles. The Morgan fingerprint density at radius 2 is 1.95 bits per heavy atom. The van der Waals surface area contributed by atoms with Crippen LogP contribution in [0.4, 0.5) is 5.95 Å². The molecule has 0 bridgehead atoms. The van der Waals surface area contributed by atoms with Crippen LogP contribution in [0.15, 0.2) is 53.0 Å². The molecule has 106 valence electrons. The fourth-order valence-corrected chi connectivity index (χ4v) is 2.45. The summed E-state index contributed by atoms with van der Waals surface area (Å²) >= 11 is 3.34. The zero-order valence-corrected chi connectivity index (χ0v) is 13.0. The molecule has 0 aliphatic carbocycles. The van der Waals surface area contributed by atoms with Crippen molar-refractivity contribution in [2.75, 3.05) is 11.9 Å². The highest BCUT2D eigenvalue weighted by atomic mass is 79.9. The minimum absolute atomic E-state index is 0.406. The van der Waals surface area contributed by atoms with Crippen LogP contribution in [0, 0.1) is 5.21 Å². The Kier molecular flexibility index (Phi) is 3.70. The van der Waals surface area contributed by atoms with Gasteiger partial charge in [-0.25, -0.2) is 4.98 Å². The van der Waals surface area contributed by atoms with Crippen LogP contribution in [0.3, 0.4) is 0 Å². The van der Waals surface area contributed by atoms with Crippen molar-refractivity contribution in [1.82, 2.24) is 10.1 Å². The van der Waals surface area contributed by atoms with Crippen LogP contribution in [0.25, 0.3) is 11.0 Å². The molecule has 2 aromatic carbocycles. The van der Waals surface area contributed by atoms with Crippen molar-refractivity contribution < 1.29 is 4.85 Å². The number of halogens is 1. The van der Waals surface area contributed by atoms with Crippen LogP contribution in [0.5, 0.6) is 0 Å². The van der Waals surface area contributed by atoms with Crippen LogP contribution in [-0.4, -0.2) is 17.1 Å². The van der Waals surface area contributed by atoms with Gasteiger partial charge in [0.15, 0.2) is 0 Å². The van der Waals surface area contributed by atoms with Gasteiger partial charge in [-0.2, -0.15) is 0 Å². The number of aromatic nitrogens is 3. The van der Waals surface area contributed by atoms with E-state index in [0.29, 0.717) is 28.4 Å². The quantitative estimate of drug-likeness (QED) is 0.541. The maximum absolute atomic E-state index is 12.0. The van der Waals surface area contributed by atoms with Crippen molar-refractivity contribution in [1.29, 1.82) is 0 Å². The number of anilines is 1. The van der Waals surface area contributed by atoms with Crippen molar-refractivity contribution in [2.45, 2.75) is 6.54 Å². The fourth-order valence-electron chi connectivity index (χ4n) is 2.10. The van der Waals surface area contributed by atoms with E-state index in [1.54, 1.807) is 12.1 Å². The van der Waals surface area contributed by atoms with Gasteiger partial charge in [0.05, 0.1) is 5.10 Å². The van der Waals surface area contributed by atoms with Gasteiger partial charge >= 0.3 is 0 Å². The molecule has 0 aliphatic rings. The number of nitrogens with zero attached hydrogens (tertiary/aromatic N) is 4. The summed E-state index contributed by atoms with van der Waals surface area (Å²) < 4.78 is 0.827. The van der Waals surface area contributed by atoms with Crippen LogP contribution in [-0.2, 0) is 6.54 Å². The maximum Gasteiger partial charge on any atom is 0.293 e. The zero-order valence-electron chi connectivity index (χ0n) is 11.4. The lowest BCUT2D eigenvalue weighted by atomic mass is 10.2. The largest absolute Gasteiger partial charge is 0.594 e. The standard InChI is InChI=1S/C15H13BrN4O/c1-19(10-11-5-3-2-4-6-11)15-17-13-8-7-12(16)9-14(13)20(21)18-15/h2-9H,10H2,1H3. The monoisotopic (exact) mass is 344 g/mol. The van der Waals surface area contributed by atoms with E-state index in [9.17, 15) is 5.21 Å². The first-order chi connectivity index (χ1) is 10.1. The van der Waals surface area contributed by atoms with Gasteiger partial charge in [-0.1, -0.05) is 46.3 Å². The molecule has 0 spiro atoms. The number of benzene rings is 2. The Morgan fingerprint density at radius 1 is 1.19 bits per heavy atom. The Morgan fingerprint density at radius 3 is 2.71 bits per heavy atom. The highest BCUT2D eigenvalue weighted by Crippen LogP contribution is 2.17. The lowest BCUT2D eigenvalue weighted by molar-refractivity contribution is -0.641. The van der Waals surface area contributed by atoms with Crippen LogP contribution in [0.1, 0.15) is 5.56 Å². The molecule has 1 aromatic heterocycles. The molecule has 3 rings (SSSR count). The van der Waals surface area contributed by atoms with Gasteiger partial charge in [0.2, 0.25) is 0 Å². The predicted molar refractivity (Wildman–Crippen MR) is 84.7 cm³/mol. The summed E-state index contributed by atoms with van der Waals surface area (Å²) in [5.74, 6) is 0.406. The van der Waals surface area contributed by atoms with Crippen molar-refractivity contribution in [3.05, 3.63) is 63.8 Å². The molecule has 0 N–H and O–H groups in total. The summed E-state index contributed by atoms with van der Waals surface area (Å²) in [5.41, 5.74) is 2.20. The SMILES string of the molecule is CN(Cc1ccccc1)c1nc2ccc(Br)cc2[n+]([O-])n1. The summed E-state index contributed by atoms with van der Waals surface area (Å²) in [4.78, 5) is 6.91. The average molecular weight is 345 g/mol. The number of rotatable bonds is 3. The highest BCUT2D eigenvalue weighted by molar-refractivity contribution is 9.10.